The molecule has 1 aliphatic rings. The van der Waals surface area contributed by atoms with Crippen LogP contribution < -0.4 is 35.6 Å². The normalized spacial score (nSPS) is 13.7. The van der Waals surface area contributed by atoms with Crippen LogP contribution in [-0.2, 0) is 9.53 Å². The first-order chi connectivity index (χ1) is 24.3. The van der Waals surface area contributed by atoms with E-state index in [4.69, 9.17) is 26.1 Å². The topological polar surface area (TPSA) is 148 Å². The van der Waals surface area contributed by atoms with E-state index in [2.05, 4.69) is 15.4 Å². The van der Waals surface area contributed by atoms with Crippen molar-refractivity contribution in [3.8, 4) is 11.5 Å². The lowest BCUT2D eigenvalue weighted by Gasteiger charge is -2.41. The molecule has 0 saturated carbocycles. The number of ether oxygens (including phenoxy) is 3. The number of benzene rings is 3. The van der Waals surface area contributed by atoms with Crippen molar-refractivity contribution in [1.82, 2.24) is 19.9 Å². The summed E-state index contributed by atoms with van der Waals surface area (Å²) < 4.78 is 30.9. The number of carbonyl (C=O) groups excluding carboxylic acids is 3. The van der Waals surface area contributed by atoms with Gasteiger partial charge in [0, 0.05) is 29.9 Å². The molecule has 51 heavy (non-hydrogen) atoms. The zero-order chi connectivity index (χ0) is 37.0. The molecule has 270 valence electrons. The van der Waals surface area contributed by atoms with Gasteiger partial charge in [0.1, 0.15) is 22.9 Å². The fraction of sp³-hybridized carbons (Fsp3) is 0.343. The number of nitrogens with zero attached hydrogens (tertiary/aromatic N) is 5. The monoisotopic (exact) mass is 723 g/mol. The second kappa shape index (κ2) is 15.1. The van der Waals surface area contributed by atoms with Crippen LogP contribution >= 0.6 is 11.6 Å². The number of hydrogen-bond donors (Lipinski definition) is 2. The molecule has 1 fully saturated rings. The molecule has 16 heteroatoms. The first-order valence-electron chi connectivity index (χ1n) is 16.0. The lowest BCUT2D eigenvalue weighted by atomic mass is 10.0. The third kappa shape index (κ3) is 7.77. The highest BCUT2D eigenvalue weighted by Gasteiger charge is 2.37. The summed E-state index contributed by atoms with van der Waals surface area (Å²) in [6.45, 7) is 5.74. The van der Waals surface area contributed by atoms with Gasteiger partial charge in [-0.2, -0.15) is 0 Å². The van der Waals surface area contributed by atoms with Crippen molar-refractivity contribution >= 4 is 51.9 Å². The van der Waals surface area contributed by atoms with Crippen LogP contribution in [-0.4, -0.2) is 85.6 Å². The third-order valence-electron chi connectivity index (χ3n) is 8.52. The van der Waals surface area contributed by atoms with Crippen molar-refractivity contribution in [3.05, 3.63) is 87.7 Å². The standard InChI is InChI=1S/C35H39ClFN7O7/c1-21(43(28-14-12-25(49-4)20-29(28)50-5)33(47)38-24-10-8-23(37)9-11-24)30-39-27-19-22(36)7-13-26(27)31(45)44(30)42-17-15-41(16-18-42)32(46)35(2,3)40-34(48)51-6/h7-14,19-21H,15-18H2,1-6H3,(H,38,47)(H,40,48). The van der Waals surface area contributed by atoms with Gasteiger partial charge >= 0.3 is 12.1 Å². The number of aromatic nitrogens is 2. The summed E-state index contributed by atoms with van der Waals surface area (Å²) in [6, 6.07) is 13.4. The number of amides is 4. The number of rotatable bonds is 9. The van der Waals surface area contributed by atoms with Gasteiger partial charge in [0.05, 0.1) is 57.1 Å². The molecule has 2 N–H and O–H groups in total. The molecule has 0 spiro atoms. The van der Waals surface area contributed by atoms with Crippen LogP contribution in [0.3, 0.4) is 0 Å². The van der Waals surface area contributed by atoms with E-state index in [0.717, 1.165) is 0 Å². The summed E-state index contributed by atoms with van der Waals surface area (Å²) in [4.78, 5) is 61.8. The highest BCUT2D eigenvalue weighted by molar-refractivity contribution is 6.31. The van der Waals surface area contributed by atoms with Gasteiger partial charge in [0.2, 0.25) is 5.91 Å². The van der Waals surface area contributed by atoms with Crippen molar-refractivity contribution in [2.24, 2.45) is 0 Å². The van der Waals surface area contributed by atoms with Crippen LogP contribution in [0.15, 0.2) is 65.5 Å². The molecule has 4 amide bonds. The van der Waals surface area contributed by atoms with E-state index < -0.39 is 35.1 Å². The second-order valence-corrected chi connectivity index (χ2v) is 12.7. The van der Waals surface area contributed by atoms with Crippen LogP contribution in [0, 0.1) is 5.82 Å². The predicted molar refractivity (Wildman–Crippen MR) is 191 cm³/mol. The number of urea groups is 1. The summed E-state index contributed by atoms with van der Waals surface area (Å²) in [5.74, 6) is 0.172. The Morgan fingerprint density at radius 1 is 0.961 bits per heavy atom. The Labute approximate surface area is 298 Å². The van der Waals surface area contributed by atoms with Crippen LogP contribution in [0.25, 0.3) is 10.9 Å². The largest absolute Gasteiger partial charge is 0.497 e. The van der Waals surface area contributed by atoms with Crippen molar-refractivity contribution in [3.63, 3.8) is 0 Å². The Kier molecular flexibility index (Phi) is 10.9. The second-order valence-electron chi connectivity index (χ2n) is 12.3. The Morgan fingerprint density at radius 2 is 1.65 bits per heavy atom. The molecular weight excluding hydrogens is 685 g/mol. The molecule has 0 radical (unpaired) electrons. The van der Waals surface area contributed by atoms with Gasteiger partial charge < -0.3 is 34.8 Å². The van der Waals surface area contributed by atoms with Crippen LogP contribution in [0.5, 0.6) is 11.5 Å². The number of anilines is 2. The Morgan fingerprint density at radius 3 is 2.27 bits per heavy atom. The lowest BCUT2D eigenvalue weighted by molar-refractivity contribution is -0.137. The van der Waals surface area contributed by atoms with Gasteiger partial charge in [-0.05, 0) is 75.4 Å². The minimum absolute atomic E-state index is 0.189. The Bertz CT molecular complexity index is 2000. The molecule has 1 atom stereocenters. The molecule has 0 bridgehead atoms. The lowest BCUT2D eigenvalue weighted by Crippen LogP contribution is -2.62. The number of nitrogens with one attached hydrogen (secondary N) is 2. The third-order valence-corrected chi connectivity index (χ3v) is 8.75. The van der Waals surface area contributed by atoms with E-state index in [1.54, 1.807) is 67.1 Å². The van der Waals surface area contributed by atoms with Gasteiger partial charge in [-0.15, -0.1) is 0 Å². The highest BCUT2D eigenvalue weighted by atomic mass is 35.5. The maximum absolute atomic E-state index is 14.4. The number of methoxy groups -OCH3 is 3. The maximum atomic E-state index is 14.4. The van der Waals surface area contributed by atoms with Crippen LogP contribution in [0.2, 0.25) is 5.02 Å². The molecule has 4 aromatic rings. The smallest absolute Gasteiger partial charge is 0.407 e. The summed E-state index contributed by atoms with van der Waals surface area (Å²) >= 11 is 6.33. The number of piperazine rings is 1. The Balaban J connectivity index is 1.59. The zero-order valence-electron chi connectivity index (χ0n) is 29.0. The molecule has 5 rings (SSSR count). The van der Waals surface area contributed by atoms with Crippen LogP contribution in [0.4, 0.5) is 25.4 Å². The molecule has 1 aliphatic heterocycles. The number of carbonyl (C=O) groups is 3. The summed E-state index contributed by atoms with van der Waals surface area (Å²) in [6.07, 6.45) is -0.735. The molecule has 1 aromatic heterocycles. The average molecular weight is 724 g/mol. The van der Waals surface area contributed by atoms with E-state index in [1.807, 2.05) is 0 Å². The summed E-state index contributed by atoms with van der Waals surface area (Å²) in [5.41, 5.74) is -0.687. The van der Waals surface area contributed by atoms with Crippen LogP contribution in [0.1, 0.15) is 32.6 Å². The van der Waals surface area contributed by atoms with E-state index in [0.29, 0.717) is 38.8 Å². The molecular formula is C35H39ClFN7O7. The molecule has 1 unspecified atom stereocenters. The van der Waals surface area contributed by atoms with E-state index in [9.17, 15) is 23.6 Å². The number of hydrogen-bond acceptors (Lipinski definition) is 9. The first-order valence-corrected chi connectivity index (χ1v) is 16.4. The fourth-order valence-electron chi connectivity index (χ4n) is 5.87. The van der Waals surface area contributed by atoms with Crippen molar-refractivity contribution in [2.75, 3.05) is 62.7 Å². The van der Waals surface area contributed by atoms with Crippen molar-refractivity contribution in [1.29, 1.82) is 0 Å². The molecule has 0 aliphatic carbocycles. The summed E-state index contributed by atoms with van der Waals surface area (Å²) in [5, 5.41) is 7.79. The molecule has 1 saturated heterocycles. The minimum atomic E-state index is -1.24. The number of fused-ring (bicyclic) bond motifs is 1. The highest BCUT2D eigenvalue weighted by Crippen LogP contribution is 2.37. The van der Waals surface area contributed by atoms with Gasteiger partial charge in [-0.1, -0.05) is 11.6 Å². The fourth-order valence-corrected chi connectivity index (χ4v) is 6.04. The van der Waals surface area contributed by atoms with Crippen molar-refractivity contribution in [2.45, 2.75) is 32.4 Å². The van der Waals surface area contributed by atoms with E-state index >= 15 is 0 Å². The Hall–Kier alpha value is -5.57. The van der Waals surface area contributed by atoms with Gasteiger partial charge in [-0.25, -0.2) is 23.6 Å². The van der Waals surface area contributed by atoms with Gasteiger partial charge in [0.25, 0.3) is 5.56 Å². The number of alkyl carbamates (subject to hydrolysis) is 1. The van der Waals surface area contributed by atoms with E-state index in [1.165, 1.54) is 55.2 Å². The summed E-state index contributed by atoms with van der Waals surface area (Å²) in [7, 11) is 4.17. The van der Waals surface area contributed by atoms with Gasteiger partial charge in [-0.3, -0.25) is 14.5 Å². The molecule has 14 nitrogen and oxygen atoms in total. The van der Waals surface area contributed by atoms with E-state index in [-0.39, 0.29) is 37.9 Å². The number of halogens is 2. The maximum Gasteiger partial charge on any atom is 0.407 e. The van der Waals surface area contributed by atoms with Gasteiger partial charge in [0.15, 0.2) is 5.82 Å². The van der Waals surface area contributed by atoms with Crippen molar-refractivity contribution < 1.29 is 33.0 Å². The zero-order valence-corrected chi connectivity index (χ0v) is 29.8. The molecule has 3 aromatic carbocycles. The quantitative estimate of drug-likeness (QED) is 0.246. The average Bonchev–Trinajstić information content (AvgIpc) is 3.12. The minimum Gasteiger partial charge on any atom is -0.497 e. The first kappa shape index (κ1) is 36.7. The predicted octanol–water partition coefficient (Wildman–Crippen LogP) is 4.92. The SMILES string of the molecule is COC(=O)NC(C)(C)C(=O)N1CCN(n2c(C(C)N(C(=O)Nc3ccc(F)cc3)c3ccc(OC)cc3OC)nc3cc(Cl)ccc3c2=O)CC1. The molecule has 2 heterocycles.